The number of carbonyl (C=O) groups is 2. The van der Waals surface area contributed by atoms with E-state index < -0.39 is 6.10 Å². The Morgan fingerprint density at radius 2 is 2.00 bits per heavy atom. The summed E-state index contributed by atoms with van der Waals surface area (Å²) in [7, 11) is 0. The van der Waals surface area contributed by atoms with E-state index in [1.54, 1.807) is 11.0 Å². The van der Waals surface area contributed by atoms with Crippen molar-refractivity contribution in [2.45, 2.75) is 32.0 Å². The molecule has 0 radical (unpaired) electrons. The third-order valence-corrected chi connectivity index (χ3v) is 4.63. The van der Waals surface area contributed by atoms with Crippen molar-refractivity contribution in [3.05, 3.63) is 24.3 Å². The monoisotopic (exact) mass is 347 g/mol. The summed E-state index contributed by atoms with van der Waals surface area (Å²) in [6.45, 7) is 3.73. The van der Waals surface area contributed by atoms with Gasteiger partial charge in [0, 0.05) is 26.2 Å². The number of amides is 2. The molecule has 7 nitrogen and oxygen atoms in total. The first-order valence-electron chi connectivity index (χ1n) is 8.79. The van der Waals surface area contributed by atoms with Crippen LogP contribution in [-0.4, -0.2) is 55.1 Å². The lowest BCUT2D eigenvalue weighted by atomic mass is 9.96. The smallest absolute Gasteiger partial charge is 0.267 e. The lowest BCUT2D eigenvalue weighted by Gasteiger charge is -2.37. The third-order valence-electron chi connectivity index (χ3n) is 4.63. The molecule has 1 aromatic carbocycles. The molecule has 3 rings (SSSR count). The van der Waals surface area contributed by atoms with Gasteiger partial charge in [0.25, 0.3) is 5.91 Å². The molecule has 2 aliphatic rings. The van der Waals surface area contributed by atoms with Crippen LogP contribution in [0.4, 0.5) is 0 Å². The molecule has 3 N–H and O–H groups in total. The van der Waals surface area contributed by atoms with Gasteiger partial charge in [-0.25, -0.2) is 0 Å². The van der Waals surface area contributed by atoms with Crippen molar-refractivity contribution in [3.63, 3.8) is 0 Å². The number of benzene rings is 1. The zero-order chi connectivity index (χ0) is 17.8. The number of nitrogens with zero attached hydrogens (tertiary/aromatic N) is 1. The van der Waals surface area contributed by atoms with Crippen LogP contribution in [0.5, 0.6) is 11.5 Å². The highest BCUT2D eigenvalue weighted by Crippen LogP contribution is 2.34. The van der Waals surface area contributed by atoms with Crippen molar-refractivity contribution < 1.29 is 19.1 Å². The fourth-order valence-corrected chi connectivity index (χ4v) is 3.30. The first-order valence-corrected chi connectivity index (χ1v) is 8.79. The van der Waals surface area contributed by atoms with Gasteiger partial charge in [0.1, 0.15) is 6.10 Å². The fraction of sp³-hybridized carbons (Fsp3) is 0.556. The van der Waals surface area contributed by atoms with Gasteiger partial charge in [-0.15, -0.1) is 0 Å². The van der Waals surface area contributed by atoms with Crippen molar-refractivity contribution in [3.8, 4) is 11.5 Å². The van der Waals surface area contributed by atoms with Gasteiger partial charge in [-0.3, -0.25) is 9.59 Å². The SMILES string of the molecule is CC1Oc2ccccc2OC1C(=O)N1CCCC(C(=O)NCCN)C1. The second-order valence-electron chi connectivity index (χ2n) is 6.51. The van der Waals surface area contributed by atoms with Crippen molar-refractivity contribution in [2.75, 3.05) is 26.2 Å². The summed E-state index contributed by atoms with van der Waals surface area (Å²) in [5.41, 5.74) is 5.42. The summed E-state index contributed by atoms with van der Waals surface area (Å²) in [6, 6.07) is 7.33. The quantitative estimate of drug-likeness (QED) is 0.829. The molecule has 3 unspecified atom stereocenters. The van der Waals surface area contributed by atoms with Crippen molar-refractivity contribution in [1.29, 1.82) is 0 Å². The number of rotatable bonds is 4. The van der Waals surface area contributed by atoms with Gasteiger partial charge >= 0.3 is 0 Å². The van der Waals surface area contributed by atoms with E-state index in [0.717, 1.165) is 12.8 Å². The topological polar surface area (TPSA) is 93.9 Å². The molecular formula is C18H25N3O4. The molecule has 0 aromatic heterocycles. The molecule has 1 aromatic rings. The summed E-state index contributed by atoms with van der Waals surface area (Å²) in [6.07, 6.45) is 0.501. The van der Waals surface area contributed by atoms with E-state index in [-0.39, 0.29) is 23.8 Å². The average Bonchev–Trinajstić information content (AvgIpc) is 2.65. The molecule has 2 amide bonds. The van der Waals surface area contributed by atoms with Crippen LogP contribution in [0, 0.1) is 5.92 Å². The molecular weight excluding hydrogens is 322 g/mol. The van der Waals surface area contributed by atoms with E-state index >= 15 is 0 Å². The zero-order valence-corrected chi connectivity index (χ0v) is 14.4. The first-order chi connectivity index (χ1) is 12.1. The van der Waals surface area contributed by atoms with E-state index in [4.69, 9.17) is 15.2 Å². The van der Waals surface area contributed by atoms with E-state index in [9.17, 15) is 9.59 Å². The van der Waals surface area contributed by atoms with E-state index in [2.05, 4.69) is 5.32 Å². The third kappa shape index (κ3) is 3.87. The highest BCUT2D eigenvalue weighted by atomic mass is 16.6. The minimum Gasteiger partial charge on any atom is -0.482 e. The minimum atomic E-state index is -0.694. The highest BCUT2D eigenvalue weighted by Gasteiger charge is 2.39. The molecule has 2 aliphatic heterocycles. The van der Waals surface area contributed by atoms with Gasteiger partial charge in [-0.2, -0.15) is 0 Å². The summed E-state index contributed by atoms with van der Waals surface area (Å²) >= 11 is 0. The Kier molecular flexibility index (Phi) is 5.43. The highest BCUT2D eigenvalue weighted by molar-refractivity contribution is 5.84. The maximum absolute atomic E-state index is 12.9. The Morgan fingerprint density at radius 1 is 1.28 bits per heavy atom. The van der Waals surface area contributed by atoms with Crippen molar-refractivity contribution in [1.82, 2.24) is 10.2 Å². The van der Waals surface area contributed by atoms with Gasteiger partial charge in [0.05, 0.1) is 5.92 Å². The molecule has 0 saturated carbocycles. The predicted octanol–water partition coefficient (Wildman–Crippen LogP) is 0.528. The summed E-state index contributed by atoms with van der Waals surface area (Å²) in [5.74, 6) is 0.863. The van der Waals surface area contributed by atoms with Crippen LogP contribution in [-0.2, 0) is 9.59 Å². The average molecular weight is 347 g/mol. The molecule has 25 heavy (non-hydrogen) atoms. The molecule has 7 heteroatoms. The largest absolute Gasteiger partial charge is 0.482 e. The molecule has 0 aliphatic carbocycles. The predicted molar refractivity (Wildman–Crippen MR) is 92.3 cm³/mol. The van der Waals surface area contributed by atoms with E-state index in [0.29, 0.717) is 37.7 Å². The Balaban J connectivity index is 1.65. The van der Waals surface area contributed by atoms with E-state index in [1.165, 1.54) is 0 Å². The number of hydrogen-bond donors (Lipinski definition) is 2. The Labute approximate surface area is 147 Å². The maximum atomic E-state index is 12.9. The van der Waals surface area contributed by atoms with Crippen LogP contribution >= 0.6 is 0 Å². The second-order valence-corrected chi connectivity index (χ2v) is 6.51. The lowest BCUT2D eigenvalue weighted by Crippen LogP contribution is -2.54. The summed E-state index contributed by atoms with van der Waals surface area (Å²) in [5, 5.41) is 2.81. The Hall–Kier alpha value is -2.28. The number of para-hydroxylation sites is 2. The second kappa shape index (κ2) is 7.74. The number of nitrogens with two attached hydrogens (primary N) is 1. The molecule has 136 valence electrons. The van der Waals surface area contributed by atoms with Crippen LogP contribution in [0.15, 0.2) is 24.3 Å². The maximum Gasteiger partial charge on any atom is 0.267 e. The molecule has 3 atom stereocenters. The standard InChI is InChI=1S/C18H25N3O4/c1-12-16(25-15-7-3-2-6-14(15)24-12)18(23)21-10-4-5-13(11-21)17(22)20-9-8-19/h2-3,6-7,12-13,16H,4-5,8-11,19H2,1H3,(H,20,22). The Bertz CT molecular complexity index is 637. The zero-order valence-electron chi connectivity index (χ0n) is 14.4. The van der Waals surface area contributed by atoms with Crippen LogP contribution in [0.2, 0.25) is 0 Å². The molecule has 0 bridgehead atoms. The van der Waals surface area contributed by atoms with Gasteiger partial charge in [-0.1, -0.05) is 12.1 Å². The van der Waals surface area contributed by atoms with E-state index in [1.807, 2.05) is 25.1 Å². The number of carbonyl (C=O) groups excluding carboxylic acids is 2. The molecule has 1 saturated heterocycles. The van der Waals surface area contributed by atoms with Gasteiger partial charge in [0.15, 0.2) is 11.5 Å². The summed E-state index contributed by atoms with van der Waals surface area (Å²) < 4.78 is 11.7. The van der Waals surface area contributed by atoms with Crippen LogP contribution < -0.4 is 20.5 Å². The van der Waals surface area contributed by atoms with Gasteiger partial charge in [0.2, 0.25) is 12.0 Å². The number of nitrogens with one attached hydrogen (secondary N) is 1. The Morgan fingerprint density at radius 3 is 2.72 bits per heavy atom. The molecule has 2 heterocycles. The fourth-order valence-electron chi connectivity index (χ4n) is 3.30. The number of hydrogen-bond acceptors (Lipinski definition) is 5. The number of fused-ring (bicyclic) bond motifs is 1. The van der Waals surface area contributed by atoms with Crippen molar-refractivity contribution in [2.24, 2.45) is 11.7 Å². The lowest BCUT2D eigenvalue weighted by molar-refractivity contribution is -0.147. The van der Waals surface area contributed by atoms with Crippen LogP contribution in [0.3, 0.4) is 0 Å². The van der Waals surface area contributed by atoms with Crippen LogP contribution in [0.25, 0.3) is 0 Å². The number of likely N-dealkylation sites (tertiary alicyclic amines) is 1. The number of piperidine rings is 1. The van der Waals surface area contributed by atoms with Crippen molar-refractivity contribution >= 4 is 11.8 Å². The first kappa shape index (κ1) is 17.5. The molecule has 0 spiro atoms. The number of ether oxygens (including phenoxy) is 2. The van der Waals surface area contributed by atoms with Gasteiger partial charge < -0.3 is 25.4 Å². The minimum absolute atomic E-state index is 0.0397. The van der Waals surface area contributed by atoms with Crippen LogP contribution in [0.1, 0.15) is 19.8 Å². The molecule has 1 fully saturated rings. The van der Waals surface area contributed by atoms with Gasteiger partial charge in [-0.05, 0) is 31.9 Å². The normalized spacial score (nSPS) is 25.4. The summed E-state index contributed by atoms with van der Waals surface area (Å²) in [4.78, 5) is 26.8.